The third-order valence-corrected chi connectivity index (χ3v) is 4.61. The third kappa shape index (κ3) is 4.89. The van der Waals surface area contributed by atoms with Crippen LogP contribution in [0.5, 0.6) is 0 Å². The number of hydrogen-bond acceptors (Lipinski definition) is 4. The molecule has 2 aromatic rings. The van der Waals surface area contributed by atoms with E-state index in [0.29, 0.717) is 16.8 Å². The monoisotopic (exact) mass is 402 g/mol. The van der Waals surface area contributed by atoms with Crippen LogP contribution in [0.25, 0.3) is 0 Å². The Morgan fingerprint density at radius 2 is 1.76 bits per heavy atom. The fourth-order valence-corrected chi connectivity index (χ4v) is 3.20. The van der Waals surface area contributed by atoms with Gasteiger partial charge in [0.1, 0.15) is 6.10 Å². The van der Waals surface area contributed by atoms with Crippen molar-refractivity contribution in [3.8, 4) is 0 Å². The number of rotatable bonds is 4. The van der Waals surface area contributed by atoms with Gasteiger partial charge in [-0.1, -0.05) is 6.42 Å². The molecule has 0 saturated heterocycles. The van der Waals surface area contributed by atoms with E-state index >= 15 is 0 Å². The number of aromatic nitrogens is 1. The van der Waals surface area contributed by atoms with Crippen LogP contribution >= 0.6 is 15.9 Å². The Hall–Kier alpha value is -2.21. The maximum atomic E-state index is 12.2. The molecule has 1 aliphatic rings. The van der Waals surface area contributed by atoms with Crippen LogP contribution in [0, 0.1) is 0 Å². The number of carbonyl (C=O) groups excluding carboxylic acids is 2. The number of esters is 1. The van der Waals surface area contributed by atoms with Crippen LogP contribution in [0.15, 0.2) is 47.2 Å². The minimum atomic E-state index is -0.305. The highest BCUT2D eigenvalue weighted by atomic mass is 79.9. The summed E-state index contributed by atoms with van der Waals surface area (Å²) in [6, 6.07) is 8.42. The molecule has 0 radical (unpaired) electrons. The number of benzene rings is 1. The molecule has 1 aliphatic carbocycles. The van der Waals surface area contributed by atoms with Gasteiger partial charge in [-0.15, -0.1) is 0 Å². The van der Waals surface area contributed by atoms with Gasteiger partial charge in [0.25, 0.3) is 5.91 Å². The molecule has 1 fully saturated rings. The molecular weight excluding hydrogens is 384 g/mol. The Kier molecular flexibility index (Phi) is 5.81. The molecule has 1 amide bonds. The maximum absolute atomic E-state index is 12.2. The molecule has 0 unspecified atom stereocenters. The molecule has 1 saturated carbocycles. The summed E-state index contributed by atoms with van der Waals surface area (Å²) in [6.07, 6.45) is 8.49. The van der Waals surface area contributed by atoms with Crippen molar-refractivity contribution in [1.29, 1.82) is 0 Å². The molecule has 0 bridgehead atoms. The lowest BCUT2D eigenvalue weighted by Gasteiger charge is -2.21. The van der Waals surface area contributed by atoms with Gasteiger partial charge < -0.3 is 10.1 Å². The molecule has 130 valence electrons. The second kappa shape index (κ2) is 8.25. The Bertz CT molecular complexity index is 756. The molecule has 5 nitrogen and oxygen atoms in total. The summed E-state index contributed by atoms with van der Waals surface area (Å²) in [7, 11) is 0. The number of halogens is 1. The van der Waals surface area contributed by atoms with Crippen LogP contribution in [0.3, 0.4) is 0 Å². The summed E-state index contributed by atoms with van der Waals surface area (Å²) in [5.41, 5.74) is 1.56. The second-order valence-electron chi connectivity index (χ2n) is 6.09. The van der Waals surface area contributed by atoms with Crippen molar-refractivity contribution in [2.75, 3.05) is 5.32 Å². The third-order valence-electron chi connectivity index (χ3n) is 4.17. The zero-order chi connectivity index (χ0) is 17.6. The first-order valence-corrected chi connectivity index (χ1v) is 9.14. The molecule has 0 aliphatic heterocycles. The lowest BCUT2D eigenvalue weighted by molar-refractivity contribution is 0.0211. The van der Waals surface area contributed by atoms with Crippen molar-refractivity contribution in [1.82, 2.24) is 4.98 Å². The van der Waals surface area contributed by atoms with Crippen molar-refractivity contribution in [2.45, 2.75) is 38.2 Å². The van der Waals surface area contributed by atoms with Crippen molar-refractivity contribution < 1.29 is 14.3 Å². The van der Waals surface area contributed by atoms with E-state index < -0.39 is 0 Å². The van der Waals surface area contributed by atoms with Gasteiger partial charge in [0, 0.05) is 22.6 Å². The smallest absolute Gasteiger partial charge is 0.338 e. The summed E-state index contributed by atoms with van der Waals surface area (Å²) in [5.74, 6) is -0.563. The molecule has 1 aromatic heterocycles. The summed E-state index contributed by atoms with van der Waals surface area (Å²) in [5, 5.41) is 2.78. The van der Waals surface area contributed by atoms with Crippen molar-refractivity contribution in [3.63, 3.8) is 0 Å². The van der Waals surface area contributed by atoms with Crippen LogP contribution in [-0.4, -0.2) is 23.0 Å². The van der Waals surface area contributed by atoms with Crippen molar-refractivity contribution >= 4 is 33.5 Å². The fraction of sp³-hybridized carbons (Fsp3) is 0.316. The fourth-order valence-electron chi connectivity index (χ4n) is 2.83. The zero-order valence-corrected chi connectivity index (χ0v) is 15.3. The molecule has 1 N–H and O–H groups in total. The van der Waals surface area contributed by atoms with Gasteiger partial charge in [0.15, 0.2) is 0 Å². The van der Waals surface area contributed by atoms with E-state index in [4.69, 9.17) is 4.74 Å². The van der Waals surface area contributed by atoms with Gasteiger partial charge in [-0.3, -0.25) is 9.78 Å². The lowest BCUT2D eigenvalue weighted by Crippen LogP contribution is -2.21. The summed E-state index contributed by atoms with van der Waals surface area (Å²) in [4.78, 5) is 28.3. The molecule has 0 spiro atoms. The Morgan fingerprint density at radius 3 is 2.44 bits per heavy atom. The van der Waals surface area contributed by atoms with Crippen molar-refractivity contribution in [2.24, 2.45) is 0 Å². The summed E-state index contributed by atoms with van der Waals surface area (Å²) < 4.78 is 6.28. The van der Waals surface area contributed by atoms with Gasteiger partial charge in [-0.05, 0) is 71.9 Å². The number of carbonyl (C=O) groups is 2. The second-order valence-corrected chi connectivity index (χ2v) is 7.00. The normalized spacial score (nSPS) is 14.8. The molecule has 25 heavy (non-hydrogen) atoms. The first-order valence-electron chi connectivity index (χ1n) is 8.35. The van der Waals surface area contributed by atoms with E-state index in [0.717, 1.165) is 30.2 Å². The number of pyridine rings is 1. The topological polar surface area (TPSA) is 68.3 Å². The Balaban J connectivity index is 1.59. The van der Waals surface area contributed by atoms with E-state index in [1.54, 1.807) is 36.5 Å². The highest BCUT2D eigenvalue weighted by molar-refractivity contribution is 9.10. The molecule has 3 rings (SSSR count). The van der Waals surface area contributed by atoms with Gasteiger partial charge >= 0.3 is 5.97 Å². The van der Waals surface area contributed by atoms with E-state index in [1.807, 2.05) is 0 Å². The molecule has 1 aromatic carbocycles. The minimum absolute atomic E-state index is 0.0321. The summed E-state index contributed by atoms with van der Waals surface area (Å²) in [6.45, 7) is 0. The number of amides is 1. The SMILES string of the molecule is O=C(Nc1ccc(C(=O)OC2CCCCC2)cc1)c1cncc(Br)c1. The maximum Gasteiger partial charge on any atom is 0.338 e. The van der Waals surface area contributed by atoms with Gasteiger partial charge in [-0.25, -0.2) is 4.79 Å². The highest BCUT2D eigenvalue weighted by Crippen LogP contribution is 2.22. The van der Waals surface area contributed by atoms with E-state index in [2.05, 4.69) is 26.2 Å². The van der Waals surface area contributed by atoms with E-state index in [-0.39, 0.29) is 18.0 Å². The predicted molar refractivity (Wildman–Crippen MR) is 98.6 cm³/mol. The first kappa shape index (κ1) is 17.6. The zero-order valence-electron chi connectivity index (χ0n) is 13.7. The van der Waals surface area contributed by atoms with E-state index in [1.165, 1.54) is 12.6 Å². The predicted octanol–water partition coefficient (Wildman–Crippen LogP) is 4.59. The largest absolute Gasteiger partial charge is 0.459 e. The average molecular weight is 403 g/mol. The molecule has 6 heteroatoms. The van der Waals surface area contributed by atoms with Gasteiger partial charge in [-0.2, -0.15) is 0 Å². The highest BCUT2D eigenvalue weighted by Gasteiger charge is 2.18. The number of anilines is 1. The quantitative estimate of drug-likeness (QED) is 0.759. The van der Waals surface area contributed by atoms with Crippen molar-refractivity contribution in [3.05, 3.63) is 58.3 Å². The molecular formula is C19H19BrN2O3. The van der Waals surface area contributed by atoms with Crippen LogP contribution in [-0.2, 0) is 4.74 Å². The van der Waals surface area contributed by atoms with Crippen LogP contribution in [0.1, 0.15) is 52.8 Å². The number of nitrogens with one attached hydrogen (secondary N) is 1. The minimum Gasteiger partial charge on any atom is -0.459 e. The average Bonchev–Trinajstić information content (AvgIpc) is 2.63. The van der Waals surface area contributed by atoms with E-state index in [9.17, 15) is 9.59 Å². The van der Waals surface area contributed by atoms with Crippen LogP contribution in [0.2, 0.25) is 0 Å². The van der Waals surface area contributed by atoms with Crippen LogP contribution in [0.4, 0.5) is 5.69 Å². The number of hydrogen-bond donors (Lipinski definition) is 1. The molecule has 1 heterocycles. The Labute approximate surface area is 154 Å². The lowest BCUT2D eigenvalue weighted by atomic mass is 9.98. The van der Waals surface area contributed by atoms with Crippen LogP contribution < -0.4 is 5.32 Å². The van der Waals surface area contributed by atoms with Gasteiger partial charge in [0.05, 0.1) is 11.1 Å². The Morgan fingerprint density at radius 1 is 1.04 bits per heavy atom. The summed E-state index contributed by atoms with van der Waals surface area (Å²) >= 11 is 3.29. The van der Waals surface area contributed by atoms with Gasteiger partial charge in [0.2, 0.25) is 0 Å². The number of ether oxygens (including phenoxy) is 1. The number of nitrogens with zero attached hydrogens (tertiary/aromatic N) is 1. The first-order chi connectivity index (χ1) is 12.1. The standard InChI is InChI=1S/C19H19BrN2O3/c20-15-10-14(11-21-12-15)18(23)22-16-8-6-13(7-9-16)19(24)25-17-4-2-1-3-5-17/h6-12,17H,1-5H2,(H,22,23). The molecule has 0 atom stereocenters.